The van der Waals surface area contributed by atoms with Gasteiger partial charge in [-0.15, -0.1) is 4.39 Å². The number of ether oxygens (including phenoxy) is 3. The SMILES string of the molecule is CC[n+]1ccc(OCCOCCOCCN)cc1F. The highest BCUT2D eigenvalue weighted by Gasteiger charge is 2.08. The second-order valence-electron chi connectivity index (χ2n) is 3.83. The molecule has 6 heteroatoms. The summed E-state index contributed by atoms with van der Waals surface area (Å²) in [6.45, 7) is 5.38. The molecule has 1 aromatic rings. The van der Waals surface area contributed by atoms with Crippen molar-refractivity contribution in [2.75, 3.05) is 39.6 Å². The highest BCUT2D eigenvalue weighted by molar-refractivity contribution is 5.15. The van der Waals surface area contributed by atoms with Crippen LogP contribution in [0.1, 0.15) is 6.92 Å². The van der Waals surface area contributed by atoms with Gasteiger partial charge in [-0.05, 0) is 6.92 Å². The molecule has 0 amide bonds. The van der Waals surface area contributed by atoms with Crippen LogP contribution in [0.5, 0.6) is 5.75 Å². The Balaban J connectivity index is 2.11. The molecule has 5 nitrogen and oxygen atoms in total. The number of nitrogens with two attached hydrogens (primary N) is 1. The summed E-state index contributed by atoms with van der Waals surface area (Å²) in [5.74, 6) is 0.196. The maximum atomic E-state index is 13.4. The predicted octanol–water partition coefficient (Wildman–Crippen LogP) is 0.504. The number of pyridine rings is 1. The van der Waals surface area contributed by atoms with Crippen molar-refractivity contribution in [3.8, 4) is 5.75 Å². The van der Waals surface area contributed by atoms with Gasteiger partial charge in [0.1, 0.15) is 18.9 Å². The van der Waals surface area contributed by atoms with Crippen molar-refractivity contribution in [2.24, 2.45) is 5.73 Å². The molecule has 0 aliphatic carbocycles. The molecule has 0 aliphatic rings. The summed E-state index contributed by atoms with van der Waals surface area (Å²) in [4.78, 5) is 0. The van der Waals surface area contributed by atoms with Crippen LogP contribution in [0.15, 0.2) is 18.3 Å². The zero-order valence-corrected chi connectivity index (χ0v) is 11.3. The lowest BCUT2D eigenvalue weighted by Crippen LogP contribution is -2.36. The Morgan fingerprint density at radius 1 is 1.16 bits per heavy atom. The molecule has 1 aromatic heterocycles. The maximum absolute atomic E-state index is 13.4. The van der Waals surface area contributed by atoms with Gasteiger partial charge in [-0.2, -0.15) is 4.57 Å². The second kappa shape index (κ2) is 9.66. The molecule has 2 N–H and O–H groups in total. The topological polar surface area (TPSA) is 57.6 Å². The molecule has 0 saturated carbocycles. The minimum absolute atomic E-state index is 0.309. The molecular weight excluding hydrogens is 251 g/mol. The van der Waals surface area contributed by atoms with Crippen LogP contribution < -0.4 is 15.0 Å². The lowest BCUT2D eigenvalue weighted by Gasteiger charge is -2.07. The Morgan fingerprint density at radius 2 is 1.84 bits per heavy atom. The van der Waals surface area contributed by atoms with E-state index in [0.717, 1.165) is 0 Å². The standard InChI is InChI=1S/C13H22FN2O3/c1-2-16-5-3-12(11-13(16)14)19-10-9-18-8-7-17-6-4-15/h3,5,11H,2,4,6-10,15H2,1H3/q+1. The van der Waals surface area contributed by atoms with E-state index in [1.165, 1.54) is 10.6 Å². The van der Waals surface area contributed by atoms with Gasteiger partial charge in [-0.1, -0.05) is 0 Å². The Bertz CT molecular complexity index is 364. The number of aryl methyl sites for hydroxylation is 1. The fourth-order valence-corrected chi connectivity index (χ4v) is 1.45. The molecule has 1 heterocycles. The highest BCUT2D eigenvalue weighted by Crippen LogP contribution is 2.08. The maximum Gasteiger partial charge on any atom is 0.363 e. The van der Waals surface area contributed by atoms with E-state index in [1.807, 2.05) is 6.92 Å². The molecule has 0 aromatic carbocycles. The van der Waals surface area contributed by atoms with Crippen molar-refractivity contribution in [3.05, 3.63) is 24.3 Å². The fraction of sp³-hybridized carbons (Fsp3) is 0.615. The molecule has 19 heavy (non-hydrogen) atoms. The number of aromatic nitrogens is 1. The quantitative estimate of drug-likeness (QED) is 0.383. The minimum Gasteiger partial charge on any atom is -0.491 e. The lowest BCUT2D eigenvalue weighted by atomic mass is 10.4. The van der Waals surface area contributed by atoms with E-state index in [4.69, 9.17) is 19.9 Å². The van der Waals surface area contributed by atoms with Crippen molar-refractivity contribution >= 4 is 0 Å². The highest BCUT2D eigenvalue weighted by atomic mass is 19.1. The number of hydrogen-bond acceptors (Lipinski definition) is 4. The first-order valence-electron chi connectivity index (χ1n) is 6.45. The normalized spacial score (nSPS) is 10.7. The van der Waals surface area contributed by atoms with E-state index in [9.17, 15) is 4.39 Å². The number of halogens is 1. The van der Waals surface area contributed by atoms with E-state index < -0.39 is 0 Å². The van der Waals surface area contributed by atoms with E-state index in [2.05, 4.69) is 0 Å². The number of nitrogens with zero attached hydrogens (tertiary/aromatic N) is 1. The molecule has 108 valence electrons. The Labute approximate surface area is 113 Å². The summed E-state index contributed by atoms with van der Waals surface area (Å²) in [6, 6.07) is 3.10. The molecule has 0 spiro atoms. The Kier molecular flexibility index (Phi) is 8.04. The third-order valence-electron chi connectivity index (χ3n) is 2.43. The van der Waals surface area contributed by atoms with Gasteiger partial charge in [-0.25, -0.2) is 0 Å². The van der Waals surface area contributed by atoms with Gasteiger partial charge in [0.2, 0.25) is 0 Å². The molecule has 0 fully saturated rings. The fourth-order valence-electron chi connectivity index (χ4n) is 1.45. The van der Waals surface area contributed by atoms with Gasteiger partial charge < -0.3 is 19.9 Å². The van der Waals surface area contributed by atoms with E-state index in [-0.39, 0.29) is 5.95 Å². The van der Waals surface area contributed by atoms with Gasteiger partial charge in [0, 0.05) is 12.6 Å². The summed E-state index contributed by atoms with van der Waals surface area (Å²) in [7, 11) is 0. The summed E-state index contributed by atoms with van der Waals surface area (Å²) >= 11 is 0. The third kappa shape index (κ3) is 6.47. The van der Waals surface area contributed by atoms with E-state index >= 15 is 0 Å². The molecular formula is C13H22FN2O3+. The third-order valence-corrected chi connectivity index (χ3v) is 2.43. The summed E-state index contributed by atoms with van der Waals surface area (Å²) < 4.78 is 30.7. The zero-order chi connectivity index (χ0) is 13.9. The average Bonchev–Trinajstić information content (AvgIpc) is 2.42. The van der Waals surface area contributed by atoms with Crippen molar-refractivity contribution in [1.82, 2.24) is 0 Å². The predicted molar refractivity (Wildman–Crippen MR) is 68.5 cm³/mol. The van der Waals surface area contributed by atoms with Gasteiger partial charge >= 0.3 is 5.95 Å². The monoisotopic (exact) mass is 273 g/mol. The first kappa shape index (κ1) is 15.8. The van der Waals surface area contributed by atoms with Crippen LogP contribution in [0.4, 0.5) is 4.39 Å². The summed E-state index contributed by atoms with van der Waals surface area (Å²) in [5, 5.41) is 0. The van der Waals surface area contributed by atoms with Crippen molar-refractivity contribution in [3.63, 3.8) is 0 Å². The molecule has 0 bridgehead atoms. The molecule has 0 atom stereocenters. The van der Waals surface area contributed by atoms with Crippen LogP contribution >= 0.6 is 0 Å². The van der Waals surface area contributed by atoms with Crippen LogP contribution in [-0.2, 0) is 16.0 Å². The average molecular weight is 273 g/mol. The summed E-state index contributed by atoms with van der Waals surface area (Å²) in [5.41, 5.74) is 5.27. The Morgan fingerprint density at radius 3 is 2.47 bits per heavy atom. The second-order valence-corrected chi connectivity index (χ2v) is 3.83. The molecule has 1 rings (SSSR count). The lowest BCUT2D eigenvalue weighted by molar-refractivity contribution is -0.720. The molecule has 0 unspecified atom stereocenters. The molecule has 0 saturated heterocycles. The van der Waals surface area contributed by atoms with Crippen LogP contribution in [-0.4, -0.2) is 39.6 Å². The van der Waals surface area contributed by atoms with Crippen LogP contribution in [0, 0.1) is 5.95 Å². The van der Waals surface area contributed by atoms with Crippen molar-refractivity contribution in [1.29, 1.82) is 0 Å². The minimum atomic E-state index is -0.309. The summed E-state index contributed by atoms with van der Waals surface area (Å²) in [6.07, 6.45) is 1.66. The van der Waals surface area contributed by atoms with Gasteiger partial charge in [0.25, 0.3) is 0 Å². The largest absolute Gasteiger partial charge is 0.491 e. The van der Waals surface area contributed by atoms with Crippen LogP contribution in [0.3, 0.4) is 0 Å². The first-order valence-corrected chi connectivity index (χ1v) is 6.45. The van der Waals surface area contributed by atoms with Crippen molar-refractivity contribution < 1.29 is 23.2 Å². The van der Waals surface area contributed by atoms with Crippen molar-refractivity contribution in [2.45, 2.75) is 13.5 Å². The Hall–Kier alpha value is -1.24. The number of rotatable bonds is 10. The van der Waals surface area contributed by atoms with Crippen LogP contribution in [0.25, 0.3) is 0 Å². The number of hydrogen-bond donors (Lipinski definition) is 1. The van der Waals surface area contributed by atoms with Gasteiger partial charge in [0.15, 0.2) is 6.20 Å². The molecule has 0 radical (unpaired) electrons. The smallest absolute Gasteiger partial charge is 0.363 e. The van der Waals surface area contributed by atoms with Crippen LogP contribution in [0.2, 0.25) is 0 Å². The first-order chi connectivity index (χ1) is 9.27. The zero-order valence-electron chi connectivity index (χ0n) is 11.3. The molecule has 0 aliphatic heterocycles. The van der Waals surface area contributed by atoms with E-state index in [0.29, 0.717) is 51.9 Å². The van der Waals surface area contributed by atoms with E-state index in [1.54, 1.807) is 12.3 Å². The van der Waals surface area contributed by atoms with Gasteiger partial charge in [0.05, 0.1) is 32.5 Å². The van der Waals surface area contributed by atoms with Gasteiger partial charge in [-0.3, -0.25) is 0 Å².